The van der Waals surface area contributed by atoms with Gasteiger partial charge in [-0.05, 0) is 36.5 Å². The number of carbonyl (C=O) groups excluding carboxylic acids is 1. The lowest BCUT2D eigenvalue weighted by Gasteiger charge is -2.20. The van der Waals surface area contributed by atoms with E-state index in [-0.39, 0.29) is 11.2 Å². The Bertz CT molecular complexity index is 998. The van der Waals surface area contributed by atoms with Gasteiger partial charge in [0.05, 0.1) is 5.69 Å². The summed E-state index contributed by atoms with van der Waals surface area (Å²) in [5.74, 6) is -2.12. The SMILES string of the molecule is CCn1nc(C)cc1/C(OCOC(=O)C(F)(F)F)=C(\C=NC)c1ccc(C(C)(C)C)cc1. The Balaban J connectivity index is 2.57. The first-order chi connectivity index (χ1) is 14.9. The highest BCUT2D eigenvalue weighted by Gasteiger charge is 2.41. The number of rotatable bonds is 7. The number of aromatic nitrogens is 2. The van der Waals surface area contributed by atoms with Crippen LogP contribution in [-0.4, -0.2) is 42.0 Å². The average molecular weight is 451 g/mol. The van der Waals surface area contributed by atoms with E-state index in [4.69, 9.17) is 4.74 Å². The zero-order valence-corrected chi connectivity index (χ0v) is 19.1. The van der Waals surface area contributed by atoms with Gasteiger partial charge in [-0.3, -0.25) is 9.67 Å². The molecule has 174 valence electrons. The number of aryl methyl sites for hydroxylation is 2. The van der Waals surface area contributed by atoms with Gasteiger partial charge in [-0.2, -0.15) is 18.3 Å². The fourth-order valence-corrected chi connectivity index (χ4v) is 3.03. The fourth-order valence-electron chi connectivity index (χ4n) is 3.03. The van der Waals surface area contributed by atoms with Gasteiger partial charge in [0.2, 0.25) is 6.79 Å². The largest absolute Gasteiger partial charge is 0.491 e. The number of nitrogens with zero attached hydrogens (tertiary/aromatic N) is 3. The molecule has 1 aromatic carbocycles. The molecule has 0 spiro atoms. The Kier molecular flexibility index (Phi) is 7.87. The molecule has 32 heavy (non-hydrogen) atoms. The van der Waals surface area contributed by atoms with E-state index in [0.717, 1.165) is 11.1 Å². The van der Waals surface area contributed by atoms with Crippen LogP contribution in [0.3, 0.4) is 0 Å². The maximum atomic E-state index is 12.5. The molecule has 0 amide bonds. The summed E-state index contributed by atoms with van der Waals surface area (Å²) in [6, 6.07) is 9.48. The van der Waals surface area contributed by atoms with Crippen LogP contribution in [0.5, 0.6) is 0 Å². The molecule has 0 N–H and O–H groups in total. The third kappa shape index (κ3) is 6.21. The summed E-state index contributed by atoms with van der Waals surface area (Å²) in [5, 5.41) is 4.39. The lowest BCUT2D eigenvalue weighted by molar-refractivity contribution is -0.206. The van der Waals surface area contributed by atoms with Gasteiger partial charge in [0, 0.05) is 25.4 Å². The molecule has 0 radical (unpaired) electrons. The first kappa shape index (κ1) is 25.2. The van der Waals surface area contributed by atoms with Gasteiger partial charge in [0.1, 0.15) is 5.69 Å². The molecule has 1 heterocycles. The highest BCUT2D eigenvalue weighted by molar-refractivity contribution is 6.18. The molecule has 2 rings (SSSR count). The summed E-state index contributed by atoms with van der Waals surface area (Å²) in [6.07, 6.45) is -3.55. The Morgan fingerprint density at radius 3 is 2.28 bits per heavy atom. The van der Waals surface area contributed by atoms with Crippen molar-refractivity contribution in [3.05, 3.63) is 52.8 Å². The van der Waals surface area contributed by atoms with Crippen molar-refractivity contribution in [3.8, 4) is 0 Å². The monoisotopic (exact) mass is 451 g/mol. The molecule has 0 unspecified atom stereocenters. The van der Waals surface area contributed by atoms with Gasteiger partial charge in [0.15, 0.2) is 5.76 Å². The third-order valence-corrected chi connectivity index (χ3v) is 4.62. The van der Waals surface area contributed by atoms with Crippen molar-refractivity contribution in [2.24, 2.45) is 4.99 Å². The molecule has 0 aliphatic rings. The molecular formula is C23H28F3N3O3. The van der Waals surface area contributed by atoms with Crippen molar-refractivity contribution in [3.63, 3.8) is 0 Å². The second-order valence-corrected chi connectivity index (χ2v) is 8.14. The lowest BCUT2D eigenvalue weighted by Crippen LogP contribution is -2.26. The van der Waals surface area contributed by atoms with Crippen molar-refractivity contribution in [2.45, 2.75) is 52.8 Å². The van der Waals surface area contributed by atoms with Crippen molar-refractivity contribution < 1.29 is 27.4 Å². The third-order valence-electron chi connectivity index (χ3n) is 4.62. The van der Waals surface area contributed by atoms with Crippen LogP contribution >= 0.6 is 0 Å². The van der Waals surface area contributed by atoms with E-state index in [1.54, 1.807) is 30.9 Å². The van der Waals surface area contributed by atoms with E-state index in [1.807, 2.05) is 31.2 Å². The maximum absolute atomic E-state index is 12.5. The predicted octanol–water partition coefficient (Wildman–Crippen LogP) is 5.16. The molecule has 0 bridgehead atoms. The summed E-state index contributed by atoms with van der Waals surface area (Å²) in [4.78, 5) is 15.2. The van der Waals surface area contributed by atoms with Crippen LogP contribution in [0.1, 0.15) is 50.2 Å². The van der Waals surface area contributed by atoms with Crippen LogP contribution < -0.4 is 0 Å². The van der Waals surface area contributed by atoms with Gasteiger partial charge in [-0.15, -0.1) is 0 Å². The van der Waals surface area contributed by atoms with Crippen molar-refractivity contribution in [2.75, 3.05) is 13.8 Å². The summed E-state index contributed by atoms with van der Waals surface area (Å²) >= 11 is 0. The zero-order valence-electron chi connectivity index (χ0n) is 19.1. The van der Waals surface area contributed by atoms with E-state index in [0.29, 0.717) is 23.5 Å². The number of alkyl halides is 3. The zero-order chi connectivity index (χ0) is 24.1. The molecule has 0 atom stereocenters. The van der Waals surface area contributed by atoms with Crippen LogP contribution in [-0.2, 0) is 26.2 Å². The van der Waals surface area contributed by atoms with Gasteiger partial charge in [-0.1, -0.05) is 45.0 Å². The fraction of sp³-hybridized carbons (Fsp3) is 0.435. The van der Waals surface area contributed by atoms with Gasteiger partial charge >= 0.3 is 12.1 Å². The second-order valence-electron chi connectivity index (χ2n) is 8.14. The van der Waals surface area contributed by atoms with Crippen LogP contribution in [0.2, 0.25) is 0 Å². The Morgan fingerprint density at radius 1 is 1.16 bits per heavy atom. The van der Waals surface area contributed by atoms with Gasteiger partial charge in [-0.25, -0.2) is 4.79 Å². The number of halogens is 3. The molecular weight excluding hydrogens is 423 g/mol. The number of benzene rings is 1. The quantitative estimate of drug-likeness (QED) is 0.253. The molecule has 0 aliphatic carbocycles. The molecule has 0 saturated carbocycles. The Morgan fingerprint density at radius 2 is 1.78 bits per heavy atom. The minimum atomic E-state index is -5.11. The van der Waals surface area contributed by atoms with Crippen LogP contribution in [0.15, 0.2) is 35.3 Å². The number of hydrogen-bond donors (Lipinski definition) is 0. The number of aliphatic imine (C=N–C) groups is 1. The first-order valence-corrected chi connectivity index (χ1v) is 10.1. The van der Waals surface area contributed by atoms with E-state index in [1.165, 1.54) is 0 Å². The first-order valence-electron chi connectivity index (χ1n) is 10.1. The van der Waals surface area contributed by atoms with Crippen LogP contribution in [0.4, 0.5) is 13.2 Å². The maximum Gasteiger partial charge on any atom is 0.491 e. The summed E-state index contributed by atoms with van der Waals surface area (Å²) in [6.45, 7) is 9.54. The summed E-state index contributed by atoms with van der Waals surface area (Å²) in [5.41, 5.74) is 3.55. The standard InChI is InChI=1S/C23H28F3N3O3/c1-7-29-19(12-15(2)28-29)20(31-14-32-21(30)23(24,25)26)18(13-27-6)16-8-10-17(11-9-16)22(3,4)5/h8-13H,7,14H2,1-6H3/b20-18-,27-13?. The van der Waals surface area contributed by atoms with Crippen molar-refractivity contribution in [1.82, 2.24) is 9.78 Å². The number of ether oxygens (including phenoxy) is 2. The van der Waals surface area contributed by atoms with E-state index in [9.17, 15) is 18.0 Å². The summed E-state index contributed by atoms with van der Waals surface area (Å²) < 4.78 is 49.1. The molecule has 1 aromatic heterocycles. The van der Waals surface area contributed by atoms with Gasteiger partial charge in [0.25, 0.3) is 0 Å². The minimum absolute atomic E-state index is 0.0513. The van der Waals surface area contributed by atoms with E-state index >= 15 is 0 Å². The van der Waals surface area contributed by atoms with Crippen LogP contribution in [0, 0.1) is 6.92 Å². The topological polar surface area (TPSA) is 65.7 Å². The highest BCUT2D eigenvalue weighted by Crippen LogP contribution is 2.30. The van der Waals surface area contributed by atoms with Crippen molar-refractivity contribution in [1.29, 1.82) is 0 Å². The molecule has 0 aliphatic heterocycles. The lowest BCUT2D eigenvalue weighted by atomic mass is 9.86. The predicted molar refractivity (Wildman–Crippen MR) is 117 cm³/mol. The van der Waals surface area contributed by atoms with Crippen LogP contribution in [0.25, 0.3) is 11.3 Å². The average Bonchev–Trinajstić information content (AvgIpc) is 3.09. The highest BCUT2D eigenvalue weighted by atomic mass is 19.4. The number of esters is 1. The van der Waals surface area contributed by atoms with E-state index < -0.39 is 18.9 Å². The molecule has 9 heteroatoms. The second kappa shape index (κ2) is 10.0. The van der Waals surface area contributed by atoms with E-state index in [2.05, 4.69) is 35.6 Å². The number of carbonyl (C=O) groups is 1. The van der Waals surface area contributed by atoms with Gasteiger partial charge < -0.3 is 9.47 Å². The molecule has 0 fully saturated rings. The normalized spacial score (nSPS) is 13.3. The summed E-state index contributed by atoms with van der Waals surface area (Å²) in [7, 11) is 1.58. The molecule has 6 nitrogen and oxygen atoms in total. The number of hydrogen-bond acceptors (Lipinski definition) is 5. The molecule has 0 saturated heterocycles. The Labute approximate surface area is 185 Å². The van der Waals surface area contributed by atoms with Crippen molar-refractivity contribution >= 4 is 23.5 Å². The Hall–Kier alpha value is -3.10. The smallest absolute Gasteiger partial charge is 0.454 e. The number of allylic oxidation sites excluding steroid dienone is 1. The minimum Gasteiger partial charge on any atom is -0.454 e. The molecule has 2 aromatic rings.